The monoisotopic (exact) mass is 527 g/mol. The number of ether oxygens (including phenoxy) is 3. The Labute approximate surface area is 224 Å². The molecule has 2 aliphatic heterocycles. The SMILES string of the molecule is COc1cc(C=C2C(=N)N3N=C(c4cccnc4)SC3=NC2=O)ccc1OCCOc1cc(C)cc(C)c1. The second kappa shape index (κ2) is 10.9. The molecule has 3 heterocycles. The number of aliphatic imine (C=N–C) groups is 1. The van der Waals surface area contributed by atoms with Crippen LogP contribution in [0.25, 0.3) is 6.08 Å². The number of thioether (sulfide) groups is 1. The maximum atomic E-state index is 12.8. The predicted octanol–water partition coefficient (Wildman–Crippen LogP) is 4.83. The van der Waals surface area contributed by atoms with Crippen molar-refractivity contribution in [2.45, 2.75) is 13.8 Å². The van der Waals surface area contributed by atoms with Gasteiger partial charge in [0.1, 0.15) is 24.0 Å². The Morgan fingerprint density at radius 3 is 2.55 bits per heavy atom. The molecule has 0 atom stereocenters. The zero-order valence-corrected chi connectivity index (χ0v) is 21.9. The summed E-state index contributed by atoms with van der Waals surface area (Å²) in [5.41, 5.74) is 3.87. The molecule has 5 rings (SSSR count). The molecule has 1 aromatic heterocycles. The highest BCUT2D eigenvalue weighted by molar-refractivity contribution is 8.27. The third-order valence-electron chi connectivity index (χ3n) is 5.67. The standard InChI is InChI=1S/C28H25N5O4S/c1-17-11-18(2)13-21(12-17)36-9-10-37-23-7-6-19(15-24(23)35-3)14-22-25(29)33-28(31-26(22)34)38-27(32-33)20-5-4-8-30-16-20/h4-8,11-16,29H,9-10H2,1-3H3. The normalized spacial score (nSPS) is 15.8. The van der Waals surface area contributed by atoms with E-state index in [0.717, 1.165) is 22.4 Å². The maximum Gasteiger partial charge on any atom is 0.283 e. The molecular weight excluding hydrogens is 502 g/mol. The molecule has 2 aromatic carbocycles. The van der Waals surface area contributed by atoms with E-state index in [2.05, 4.69) is 21.1 Å². The average Bonchev–Trinajstić information content (AvgIpc) is 3.33. The van der Waals surface area contributed by atoms with Crippen LogP contribution in [0.3, 0.4) is 0 Å². The Morgan fingerprint density at radius 1 is 1.03 bits per heavy atom. The van der Waals surface area contributed by atoms with Crippen LogP contribution < -0.4 is 14.2 Å². The molecule has 0 aliphatic carbocycles. The smallest absolute Gasteiger partial charge is 0.283 e. The van der Waals surface area contributed by atoms with Gasteiger partial charge >= 0.3 is 0 Å². The maximum absolute atomic E-state index is 12.8. The first-order valence-electron chi connectivity index (χ1n) is 11.8. The van der Waals surface area contributed by atoms with E-state index in [1.807, 2.05) is 32.0 Å². The Balaban J connectivity index is 1.28. The number of carbonyl (C=O) groups excluding carboxylic acids is 1. The lowest BCUT2D eigenvalue weighted by atomic mass is 10.1. The third kappa shape index (κ3) is 5.45. The molecule has 10 heteroatoms. The van der Waals surface area contributed by atoms with Gasteiger partial charge in [0.2, 0.25) is 5.17 Å². The van der Waals surface area contributed by atoms with Gasteiger partial charge in [-0.25, -0.2) is 0 Å². The predicted molar refractivity (Wildman–Crippen MR) is 148 cm³/mol. The highest BCUT2D eigenvalue weighted by atomic mass is 32.2. The van der Waals surface area contributed by atoms with Gasteiger partial charge in [-0.2, -0.15) is 15.1 Å². The number of carbonyl (C=O) groups is 1. The number of hydrazone groups is 1. The molecule has 0 bridgehead atoms. The van der Waals surface area contributed by atoms with Crippen molar-refractivity contribution >= 4 is 39.8 Å². The van der Waals surface area contributed by atoms with Gasteiger partial charge in [-0.1, -0.05) is 12.1 Å². The lowest BCUT2D eigenvalue weighted by Crippen LogP contribution is -2.35. The van der Waals surface area contributed by atoms with Gasteiger partial charge < -0.3 is 14.2 Å². The number of amidine groups is 2. The number of fused-ring (bicyclic) bond motifs is 1. The minimum Gasteiger partial charge on any atom is -0.493 e. The first-order chi connectivity index (χ1) is 18.4. The topological polar surface area (TPSA) is 109 Å². The van der Waals surface area contributed by atoms with Gasteiger partial charge in [0.15, 0.2) is 17.3 Å². The molecule has 9 nitrogen and oxygen atoms in total. The van der Waals surface area contributed by atoms with E-state index in [-0.39, 0.29) is 11.4 Å². The van der Waals surface area contributed by atoms with Crippen LogP contribution in [0.5, 0.6) is 17.2 Å². The van der Waals surface area contributed by atoms with E-state index in [9.17, 15) is 4.79 Å². The second-order valence-electron chi connectivity index (χ2n) is 8.60. The van der Waals surface area contributed by atoms with E-state index in [0.29, 0.717) is 40.5 Å². The van der Waals surface area contributed by atoms with Crippen molar-refractivity contribution < 1.29 is 19.0 Å². The number of amides is 1. The molecule has 3 aromatic rings. The largest absolute Gasteiger partial charge is 0.493 e. The number of aryl methyl sites for hydroxylation is 2. The fourth-order valence-corrected chi connectivity index (χ4v) is 4.87. The van der Waals surface area contributed by atoms with Crippen molar-refractivity contribution in [3.63, 3.8) is 0 Å². The zero-order valence-electron chi connectivity index (χ0n) is 21.1. The van der Waals surface area contributed by atoms with Gasteiger partial charge in [-0.05, 0) is 84.8 Å². The van der Waals surface area contributed by atoms with Gasteiger partial charge in [0.05, 0.1) is 12.7 Å². The van der Waals surface area contributed by atoms with Crippen LogP contribution >= 0.6 is 11.8 Å². The van der Waals surface area contributed by atoms with Crippen molar-refractivity contribution in [1.29, 1.82) is 5.41 Å². The Morgan fingerprint density at radius 2 is 1.82 bits per heavy atom. The van der Waals surface area contributed by atoms with E-state index in [1.54, 1.807) is 49.8 Å². The molecule has 192 valence electrons. The van der Waals surface area contributed by atoms with Gasteiger partial charge in [0.25, 0.3) is 5.91 Å². The summed E-state index contributed by atoms with van der Waals surface area (Å²) in [6.07, 6.45) is 4.95. The molecule has 0 fully saturated rings. The first kappa shape index (κ1) is 25.2. The second-order valence-corrected chi connectivity index (χ2v) is 9.55. The van der Waals surface area contributed by atoms with Crippen molar-refractivity contribution in [1.82, 2.24) is 9.99 Å². The lowest BCUT2D eigenvalue weighted by Gasteiger charge is -2.20. The number of hydrogen-bond acceptors (Lipinski definition) is 8. The van der Waals surface area contributed by atoms with Crippen LogP contribution in [0.4, 0.5) is 0 Å². The number of benzene rings is 2. The Bertz CT molecular complexity index is 1480. The van der Waals surface area contributed by atoms with Crippen LogP contribution in [0.2, 0.25) is 0 Å². The summed E-state index contributed by atoms with van der Waals surface area (Å²) >= 11 is 1.23. The van der Waals surface area contributed by atoms with Gasteiger partial charge in [0, 0.05) is 18.0 Å². The molecular formula is C28H25N5O4S. The molecule has 0 saturated carbocycles. The number of nitrogens with zero attached hydrogens (tertiary/aromatic N) is 4. The molecule has 0 unspecified atom stereocenters. The fourth-order valence-electron chi connectivity index (χ4n) is 3.99. The molecule has 38 heavy (non-hydrogen) atoms. The van der Waals surface area contributed by atoms with Gasteiger partial charge in [-0.15, -0.1) is 0 Å². The molecule has 1 amide bonds. The average molecular weight is 528 g/mol. The third-order valence-corrected chi connectivity index (χ3v) is 6.62. The van der Waals surface area contributed by atoms with Crippen molar-refractivity contribution in [2.24, 2.45) is 10.1 Å². The lowest BCUT2D eigenvalue weighted by molar-refractivity contribution is -0.114. The Hall–Kier alpha value is -4.44. The van der Waals surface area contributed by atoms with E-state index < -0.39 is 5.91 Å². The summed E-state index contributed by atoms with van der Waals surface area (Å²) in [6, 6.07) is 15.0. The summed E-state index contributed by atoms with van der Waals surface area (Å²) in [5, 5.41) is 15.4. The number of nitrogens with one attached hydrogen (secondary N) is 1. The summed E-state index contributed by atoms with van der Waals surface area (Å²) in [6.45, 7) is 4.76. The molecule has 1 N–H and O–H groups in total. The van der Waals surface area contributed by atoms with Crippen LogP contribution in [-0.4, -0.2) is 52.3 Å². The zero-order chi connectivity index (χ0) is 26.6. The number of pyridine rings is 1. The highest BCUT2D eigenvalue weighted by Crippen LogP contribution is 2.32. The summed E-state index contributed by atoms with van der Waals surface area (Å²) in [5.74, 6) is 1.30. The molecule has 0 spiro atoms. The molecule has 0 radical (unpaired) electrons. The fraction of sp³-hybridized carbons (Fsp3) is 0.179. The van der Waals surface area contributed by atoms with Crippen molar-refractivity contribution in [2.75, 3.05) is 20.3 Å². The summed E-state index contributed by atoms with van der Waals surface area (Å²) in [4.78, 5) is 21.0. The van der Waals surface area contributed by atoms with E-state index in [1.165, 1.54) is 16.8 Å². The van der Waals surface area contributed by atoms with Crippen LogP contribution in [-0.2, 0) is 4.79 Å². The van der Waals surface area contributed by atoms with Crippen LogP contribution in [0.15, 0.2) is 76.6 Å². The van der Waals surface area contributed by atoms with Crippen LogP contribution in [0, 0.1) is 19.3 Å². The molecule has 2 aliphatic rings. The first-order valence-corrected chi connectivity index (χ1v) is 12.7. The Kier molecular flexibility index (Phi) is 7.23. The summed E-state index contributed by atoms with van der Waals surface area (Å²) in [7, 11) is 1.55. The van der Waals surface area contributed by atoms with Crippen molar-refractivity contribution in [3.8, 4) is 17.2 Å². The van der Waals surface area contributed by atoms with E-state index in [4.69, 9.17) is 19.6 Å². The van der Waals surface area contributed by atoms with E-state index >= 15 is 0 Å². The minimum atomic E-state index is -0.501. The van der Waals surface area contributed by atoms with Crippen LogP contribution in [0.1, 0.15) is 22.3 Å². The minimum absolute atomic E-state index is 0.0470. The highest BCUT2D eigenvalue weighted by Gasteiger charge is 2.36. The number of methoxy groups -OCH3 is 1. The number of hydrogen-bond donors (Lipinski definition) is 1. The van der Waals surface area contributed by atoms with Gasteiger partial charge in [-0.3, -0.25) is 15.2 Å². The molecule has 0 saturated heterocycles. The quantitative estimate of drug-likeness (QED) is 0.330. The summed E-state index contributed by atoms with van der Waals surface area (Å²) < 4.78 is 17.2. The van der Waals surface area contributed by atoms with Crippen molar-refractivity contribution in [3.05, 3.63) is 88.8 Å². The number of rotatable bonds is 8. The number of aromatic nitrogens is 1.